The predicted octanol–water partition coefficient (Wildman–Crippen LogP) is 2.54. The molecule has 3 aromatic rings. The second-order valence-electron chi connectivity index (χ2n) is 5.02. The van der Waals surface area contributed by atoms with Crippen molar-refractivity contribution in [1.29, 1.82) is 0 Å². The molecule has 0 aliphatic heterocycles. The Hall–Kier alpha value is -3.44. The van der Waals surface area contributed by atoms with Crippen LogP contribution in [0.1, 0.15) is 5.56 Å². The first-order valence-electron chi connectivity index (χ1n) is 7.24. The summed E-state index contributed by atoms with van der Waals surface area (Å²) in [5, 5.41) is 17.8. The van der Waals surface area contributed by atoms with Crippen LogP contribution in [0.4, 0.5) is 24.8 Å². The molecule has 9 nitrogen and oxygen atoms in total. The monoisotopic (exact) mass is 368 g/mol. The van der Waals surface area contributed by atoms with Crippen LogP contribution in [0.2, 0.25) is 0 Å². The van der Waals surface area contributed by atoms with Crippen molar-refractivity contribution in [1.82, 2.24) is 19.6 Å². The summed E-state index contributed by atoms with van der Waals surface area (Å²) in [4.78, 5) is 17.7. The summed E-state index contributed by atoms with van der Waals surface area (Å²) in [6, 6.07) is 5.15. The topological polar surface area (TPSA) is 107 Å². The number of halogens is 3. The van der Waals surface area contributed by atoms with Crippen LogP contribution in [0.3, 0.4) is 0 Å². The standard InChI is InChI=1S/C14H11F3N6O3/c15-14(16,17)9-1-4-12(20-7-9)26-6-5-18-10-2-3-11-19-8-13(23(24)25)22(11)21-10/h1-4,7-8H,5-6H2,(H,18,21). The van der Waals surface area contributed by atoms with E-state index >= 15 is 0 Å². The molecule has 1 N–H and O–H groups in total. The summed E-state index contributed by atoms with van der Waals surface area (Å²) in [5.41, 5.74) is -0.533. The van der Waals surface area contributed by atoms with Gasteiger partial charge >= 0.3 is 12.0 Å². The molecule has 136 valence electrons. The lowest BCUT2D eigenvalue weighted by Crippen LogP contribution is -2.14. The maximum Gasteiger partial charge on any atom is 0.417 e. The average Bonchev–Trinajstić information content (AvgIpc) is 3.02. The molecule has 0 spiro atoms. The molecule has 0 saturated carbocycles. The molecular formula is C14H11F3N6O3. The van der Waals surface area contributed by atoms with Crippen LogP contribution in [0.15, 0.2) is 36.7 Å². The molecule has 12 heteroatoms. The number of pyridine rings is 1. The third-order valence-electron chi connectivity index (χ3n) is 3.25. The molecule has 3 aromatic heterocycles. The lowest BCUT2D eigenvalue weighted by atomic mass is 10.3. The Balaban J connectivity index is 1.56. The SMILES string of the molecule is O=[N+]([O-])c1cnc2ccc(NCCOc3ccc(C(F)(F)F)cn3)nn12. The number of ether oxygens (including phenoxy) is 1. The van der Waals surface area contributed by atoms with Gasteiger partial charge in [-0.05, 0) is 17.1 Å². The van der Waals surface area contributed by atoms with Crippen molar-refractivity contribution in [2.24, 2.45) is 0 Å². The van der Waals surface area contributed by atoms with E-state index in [0.717, 1.165) is 22.8 Å². The number of nitrogens with zero attached hydrogens (tertiary/aromatic N) is 5. The Morgan fingerprint density at radius 1 is 1.19 bits per heavy atom. The van der Waals surface area contributed by atoms with Crippen LogP contribution in [0.5, 0.6) is 5.88 Å². The van der Waals surface area contributed by atoms with E-state index in [0.29, 0.717) is 17.7 Å². The zero-order valence-electron chi connectivity index (χ0n) is 13.0. The highest BCUT2D eigenvalue weighted by Crippen LogP contribution is 2.29. The van der Waals surface area contributed by atoms with Gasteiger partial charge in [0.2, 0.25) is 11.5 Å². The van der Waals surface area contributed by atoms with Gasteiger partial charge in [0.25, 0.3) is 0 Å². The van der Waals surface area contributed by atoms with Crippen LogP contribution in [-0.2, 0) is 6.18 Å². The fourth-order valence-corrected chi connectivity index (χ4v) is 2.05. The van der Waals surface area contributed by atoms with E-state index in [1.807, 2.05) is 0 Å². The minimum atomic E-state index is -4.45. The van der Waals surface area contributed by atoms with E-state index in [4.69, 9.17) is 4.74 Å². The molecule has 0 radical (unpaired) electrons. The molecule has 0 unspecified atom stereocenters. The van der Waals surface area contributed by atoms with E-state index < -0.39 is 16.7 Å². The Labute approximate surface area is 143 Å². The van der Waals surface area contributed by atoms with E-state index in [-0.39, 0.29) is 24.8 Å². The molecule has 0 amide bonds. The smallest absolute Gasteiger partial charge is 0.417 e. The molecule has 0 aliphatic carbocycles. The van der Waals surface area contributed by atoms with E-state index in [1.54, 1.807) is 12.1 Å². The van der Waals surface area contributed by atoms with E-state index in [9.17, 15) is 23.3 Å². The number of nitro groups is 1. The third kappa shape index (κ3) is 3.79. The van der Waals surface area contributed by atoms with Crippen LogP contribution in [0.25, 0.3) is 5.65 Å². The molecule has 26 heavy (non-hydrogen) atoms. The molecule has 0 aromatic carbocycles. The van der Waals surface area contributed by atoms with Crippen LogP contribution in [0, 0.1) is 10.1 Å². The second kappa shape index (κ2) is 6.82. The van der Waals surface area contributed by atoms with Crippen LogP contribution in [-0.4, -0.2) is 37.7 Å². The van der Waals surface area contributed by atoms with Crippen molar-refractivity contribution in [3.63, 3.8) is 0 Å². The van der Waals surface area contributed by atoms with Gasteiger partial charge in [0.15, 0.2) is 5.82 Å². The highest BCUT2D eigenvalue weighted by Gasteiger charge is 2.30. The van der Waals surface area contributed by atoms with E-state index in [2.05, 4.69) is 20.4 Å². The summed E-state index contributed by atoms with van der Waals surface area (Å²) in [6.07, 6.45) is -2.66. The Morgan fingerprint density at radius 3 is 2.65 bits per heavy atom. The number of fused-ring (bicyclic) bond motifs is 1. The van der Waals surface area contributed by atoms with Gasteiger partial charge in [0, 0.05) is 18.3 Å². The number of aromatic nitrogens is 4. The normalized spacial score (nSPS) is 11.5. The lowest BCUT2D eigenvalue weighted by Gasteiger charge is -2.08. The van der Waals surface area contributed by atoms with Gasteiger partial charge in [-0.3, -0.25) is 0 Å². The van der Waals surface area contributed by atoms with Crippen molar-refractivity contribution in [2.75, 3.05) is 18.5 Å². The molecule has 0 bridgehead atoms. The van der Waals surface area contributed by atoms with Gasteiger partial charge in [-0.1, -0.05) is 9.61 Å². The summed E-state index contributed by atoms with van der Waals surface area (Å²) in [6.45, 7) is 0.355. The van der Waals surface area contributed by atoms with Gasteiger partial charge in [0.1, 0.15) is 12.8 Å². The Bertz CT molecular complexity index is 926. The molecule has 3 heterocycles. The number of nitrogens with one attached hydrogen (secondary N) is 1. The van der Waals surface area contributed by atoms with Gasteiger partial charge < -0.3 is 20.2 Å². The highest BCUT2D eigenvalue weighted by molar-refractivity contribution is 5.48. The van der Waals surface area contributed by atoms with Gasteiger partial charge in [-0.15, -0.1) is 0 Å². The maximum absolute atomic E-state index is 12.4. The van der Waals surface area contributed by atoms with Crippen molar-refractivity contribution in [3.8, 4) is 5.88 Å². The average molecular weight is 368 g/mol. The van der Waals surface area contributed by atoms with Crippen molar-refractivity contribution in [3.05, 3.63) is 52.3 Å². The zero-order chi connectivity index (χ0) is 18.7. The molecule has 0 saturated heterocycles. The third-order valence-corrected chi connectivity index (χ3v) is 3.25. The first kappa shape index (κ1) is 17.4. The summed E-state index contributed by atoms with van der Waals surface area (Å²) in [5.74, 6) is 0.130. The number of imidazole rings is 1. The van der Waals surface area contributed by atoms with Gasteiger partial charge in [-0.25, -0.2) is 9.97 Å². The highest BCUT2D eigenvalue weighted by atomic mass is 19.4. The van der Waals surface area contributed by atoms with Crippen LogP contribution >= 0.6 is 0 Å². The first-order chi connectivity index (χ1) is 12.3. The summed E-state index contributed by atoms with van der Waals surface area (Å²) >= 11 is 0. The zero-order valence-corrected chi connectivity index (χ0v) is 13.0. The van der Waals surface area contributed by atoms with Crippen molar-refractivity contribution >= 4 is 17.3 Å². The molecule has 0 atom stereocenters. The Kier molecular flexibility index (Phi) is 4.56. The first-order valence-corrected chi connectivity index (χ1v) is 7.24. The summed E-state index contributed by atoms with van der Waals surface area (Å²) < 4.78 is 43.6. The second-order valence-corrected chi connectivity index (χ2v) is 5.02. The molecular weight excluding hydrogens is 357 g/mol. The fourth-order valence-electron chi connectivity index (χ4n) is 2.05. The number of alkyl halides is 3. The Morgan fingerprint density at radius 2 is 2.00 bits per heavy atom. The molecule has 0 fully saturated rings. The minimum absolute atomic E-state index is 0.0495. The number of anilines is 1. The van der Waals surface area contributed by atoms with Gasteiger partial charge in [0.05, 0.1) is 12.1 Å². The summed E-state index contributed by atoms with van der Waals surface area (Å²) in [7, 11) is 0. The maximum atomic E-state index is 12.4. The number of rotatable bonds is 6. The molecule has 0 aliphatic rings. The lowest BCUT2D eigenvalue weighted by molar-refractivity contribution is -0.391. The number of hydrogen-bond acceptors (Lipinski definition) is 7. The molecule has 3 rings (SSSR count). The quantitative estimate of drug-likeness (QED) is 0.405. The van der Waals surface area contributed by atoms with Gasteiger partial charge in [-0.2, -0.15) is 13.2 Å². The number of hydrogen-bond donors (Lipinski definition) is 1. The van der Waals surface area contributed by atoms with Crippen LogP contribution < -0.4 is 10.1 Å². The predicted molar refractivity (Wildman–Crippen MR) is 82.9 cm³/mol. The van der Waals surface area contributed by atoms with E-state index in [1.165, 1.54) is 0 Å². The minimum Gasteiger partial charge on any atom is -0.476 e. The van der Waals surface area contributed by atoms with Crippen molar-refractivity contribution < 1.29 is 22.8 Å². The fraction of sp³-hybridized carbons (Fsp3) is 0.214. The largest absolute Gasteiger partial charge is 0.476 e. The van der Waals surface area contributed by atoms with Crippen molar-refractivity contribution in [2.45, 2.75) is 6.18 Å².